The second kappa shape index (κ2) is 8.44. The molecule has 1 atom stereocenters. The van der Waals surface area contributed by atoms with Crippen molar-refractivity contribution in [3.63, 3.8) is 0 Å². The van der Waals surface area contributed by atoms with Crippen LogP contribution in [0.4, 0.5) is 0 Å². The van der Waals surface area contributed by atoms with Gasteiger partial charge in [-0.1, -0.05) is 0 Å². The molecule has 2 aromatic heterocycles. The van der Waals surface area contributed by atoms with E-state index < -0.39 is 0 Å². The van der Waals surface area contributed by atoms with E-state index >= 15 is 0 Å². The topological polar surface area (TPSA) is 96.9 Å². The van der Waals surface area contributed by atoms with Crippen LogP contribution < -0.4 is 0 Å². The summed E-state index contributed by atoms with van der Waals surface area (Å²) in [7, 11) is 0. The van der Waals surface area contributed by atoms with Crippen LogP contribution in [0.15, 0.2) is 43.0 Å². The molecule has 0 bridgehead atoms. The van der Waals surface area contributed by atoms with Crippen molar-refractivity contribution in [3.8, 4) is 6.07 Å². The molecular weight excluding hydrogens is 392 g/mol. The van der Waals surface area contributed by atoms with E-state index in [4.69, 9.17) is 4.84 Å². The number of nitrogens with zero attached hydrogens (tertiary/aromatic N) is 6. The molecular formula is C23H24N6O2. The Morgan fingerprint density at radius 2 is 2.03 bits per heavy atom. The van der Waals surface area contributed by atoms with Crippen LogP contribution in [-0.4, -0.2) is 37.3 Å². The Hall–Kier alpha value is -3.31. The SMILES string of the molecule is N#Cc1ccc2cnn(C[C@H]3CC[C@H](C(=O)N4OCC[C@H]4c4cnccn4)CC3)c2c1. The quantitative estimate of drug-likeness (QED) is 0.647. The largest absolute Gasteiger partial charge is 0.272 e. The summed E-state index contributed by atoms with van der Waals surface area (Å²) >= 11 is 0. The van der Waals surface area contributed by atoms with Crippen molar-refractivity contribution in [2.45, 2.75) is 44.7 Å². The Kier molecular flexibility index (Phi) is 5.35. The Balaban J connectivity index is 1.22. The normalized spacial score (nSPS) is 23.7. The first kappa shape index (κ1) is 19.6. The van der Waals surface area contributed by atoms with E-state index in [1.807, 2.05) is 29.1 Å². The number of carbonyl (C=O) groups excluding carboxylic acids is 1. The minimum atomic E-state index is -0.149. The number of carbonyl (C=O) groups is 1. The van der Waals surface area contributed by atoms with E-state index in [1.54, 1.807) is 23.7 Å². The molecule has 8 nitrogen and oxygen atoms in total. The molecule has 3 heterocycles. The van der Waals surface area contributed by atoms with Gasteiger partial charge in [0, 0.05) is 36.7 Å². The summed E-state index contributed by atoms with van der Waals surface area (Å²) < 4.78 is 2.00. The van der Waals surface area contributed by atoms with Crippen molar-refractivity contribution in [2.24, 2.45) is 11.8 Å². The maximum absolute atomic E-state index is 13.2. The number of hydroxylamine groups is 2. The van der Waals surface area contributed by atoms with Gasteiger partial charge in [-0.15, -0.1) is 0 Å². The van der Waals surface area contributed by atoms with Crippen molar-refractivity contribution in [1.29, 1.82) is 5.26 Å². The fourth-order valence-corrected chi connectivity index (χ4v) is 4.74. The monoisotopic (exact) mass is 416 g/mol. The number of hydrogen-bond donors (Lipinski definition) is 0. The summed E-state index contributed by atoms with van der Waals surface area (Å²) in [4.78, 5) is 27.3. The number of aromatic nitrogens is 4. The fourth-order valence-electron chi connectivity index (χ4n) is 4.74. The molecule has 1 saturated heterocycles. The van der Waals surface area contributed by atoms with E-state index in [2.05, 4.69) is 21.1 Å². The summed E-state index contributed by atoms with van der Waals surface area (Å²) in [5.41, 5.74) is 2.42. The van der Waals surface area contributed by atoms with Crippen LogP contribution in [0, 0.1) is 23.2 Å². The van der Waals surface area contributed by atoms with Crippen LogP contribution in [0.3, 0.4) is 0 Å². The minimum absolute atomic E-state index is 0.0203. The summed E-state index contributed by atoms with van der Waals surface area (Å²) in [6, 6.07) is 7.71. The summed E-state index contributed by atoms with van der Waals surface area (Å²) in [5.74, 6) is 0.510. The van der Waals surface area contributed by atoms with Gasteiger partial charge in [0.1, 0.15) is 6.04 Å². The second-order valence-corrected chi connectivity index (χ2v) is 8.36. The van der Waals surface area contributed by atoms with Crippen molar-refractivity contribution < 1.29 is 9.63 Å². The number of benzene rings is 1. The smallest absolute Gasteiger partial charge is 0.249 e. The molecule has 0 unspecified atom stereocenters. The molecule has 5 rings (SSSR count). The van der Waals surface area contributed by atoms with Gasteiger partial charge in [-0.25, -0.2) is 5.06 Å². The zero-order valence-electron chi connectivity index (χ0n) is 17.2. The van der Waals surface area contributed by atoms with E-state index in [9.17, 15) is 10.1 Å². The molecule has 31 heavy (non-hydrogen) atoms. The number of hydrogen-bond acceptors (Lipinski definition) is 6. The van der Waals surface area contributed by atoms with Crippen LogP contribution >= 0.6 is 0 Å². The molecule has 2 fully saturated rings. The Bertz CT molecular complexity index is 1110. The maximum Gasteiger partial charge on any atom is 0.249 e. The van der Waals surface area contributed by atoms with Crippen LogP contribution in [0.5, 0.6) is 0 Å². The van der Waals surface area contributed by atoms with E-state index in [0.717, 1.165) is 55.2 Å². The van der Waals surface area contributed by atoms with Gasteiger partial charge in [0.25, 0.3) is 0 Å². The molecule has 1 amide bonds. The lowest BCUT2D eigenvalue weighted by Gasteiger charge is -2.31. The highest BCUT2D eigenvalue weighted by Crippen LogP contribution is 2.36. The lowest BCUT2D eigenvalue weighted by molar-refractivity contribution is -0.183. The van der Waals surface area contributed by atoms with Gasteiger partial charge in [0.2, 0.25) is 5.91 Å². The first-order valence-electron chi connectivity index (χ1n) is 10.8. The van der Waals surface area contributed by atoms with Gasteiger partial charge in [-0.2, -0.15) is 10.4 Å². The van der Waals surface area contributed by atoms with Gasteiger partial charge in [-0.3, -0.25) is 24.3 Å². The molecule has 0 radical (unpaired) electrons. The summed E-state index contributed by atoms with van der Waals surface area (Å²) in [5, 5.41) is 16.3. The number of rotatable bonds is 4. The predicted molar refractivity (Wildman–Crippen MR) is 112 cm³/mol. The van der Waals surface area contributed by atoms with Crippen LogP contribution in [0.1, 0.15) is 49.4 Å². The fraction of sp³-hybridized carbons (Fsp3) is 0.435. The summed E-state index contributed by atoms with van der Waals surface area (Å²) in [6.45, 7) is 1.33. The third kappa shape index (κ3) is 3.89. The van der Waals surface area contributed by atoms with Gasteiger partial charge >= 0.3 is 0 Å². The lowest BCUT2D eigenvalue weighted by Crippen LogP contribution is -2.37. The van der Waals surface area contributed by atoms with E-state index in [0.29, 0.717) is 18.1 Å². The number of nitriles is 1. The van der Waals surface area contributed by atoms with Crippen molar-refractivity contribution in [2.75, 3.05) is 6.61 Å². The molecule has 2 aliphatic rings. The standard InChI is InChI=1S/C23H24N6O2/c24-12-17-3-6-19-13-27-28(22(19)11-17)15-16-1-4-18(5-2-16)23(30)29-21(7-10-31-29)20-14-25-8-9-26-20/h3,6,8-9,11,13-14,16,18,21H,1-2,4-5,7,10,15H2/t16-,18-,21-/m0/s1. The molecule has 8 heteroatoms. The molecule has 158 valence electrons. The molecule has 1 saturated carbocycles. The van der Waals surface area contributed by atoms with Crippen molar-refractivity contribution in [1.82, 2.24) is 24.8 Å². The minimum Gasteiger partial charge on any atom is -0.272 e. The first-order chi connectivity index (χ1) is 15.2. The number of amides is 1. The highest BCUT2D eigenvalue weighted by Gasteiger charge is 2.38. The maximum atomic E-state index is 13.2. The zero-order chi connectivity index (χ0) is 21.2. The lowest BCUT2D eigenvalue weighted by atomic mass is 9.81. The average molecular weight is 416 g/mol. The van der Waals surface area contributed by atoms with Gasteiger partial charge < -0.3 is 0 Å². The molecule has 1 aliphatic heterocycles. The van der Waals surface area contributed by atoms with Crippen molar-refractivity contribution >= 4 is 16.8 Å². The van der Waals surface area contributed by atoms with Crippen molar-refractivity contribution in [3.05, 3.63) is 54.2 Å². The predicted octanol–water partition coefficient (Wildman–Crippen LogP) is 3.41. The second-order valence-electron chi connectivity index (χ2n) is 8.36. The number of fused-ring (bicyclic) bond motifs is 1. The Labute approximate surface area is 180 Å². The third-order valence-corrected chi connectivity index (χ3v) is 6.45. The van der Waals surface area contributed by atoms with Gasteiger partial charge in [-0.05, 0) is 49.8 Å². The average Bonchev–Trinajstić information content (AvgIpc) is 3.47. The van der Waals surface area contributed by atoms with E-state index in [1.165, 1.54) is 0 Å². The Morgan fingerprint density at radius 3 is 2.81 bits per heavy atom. The Morgan fingerprint density at radius 1 is 1.16 bits per heavy atom. The molecule has 1 aromatic carbocycles. The molecule has 1 aliphatic carbocycles. The molecule has 0 spiro atoms. The first-order valence-corrected chi connectivity index (χ1v) is 10.8. The summed E-state index contributed by atoms with van der Waals surface area (Å²) in [6.07, 6.45) is 11.2. The van der Waals surface area contributed by atoms with Gasteiger partial charge in [0.15, 0.2) is 0 Å². The van der Waals surface area contributed by atoms with Crippen LogP contribution in [0.25, 0.3) is 10.9 Å². The highest BCUT2D eigenvalue weighted by molar-refractivity contribution is 5.80. The van der Waals surface area contributed by atoms with E-state index in [-0.39, 0.29) is 17.9 Å². The molecule has 0 N–H and O–H groups in total. The van der Waals surface area contributed by atoms with Crippen LogP contribution in [-0.2, 0) is 16.2 Å². The third-order valence-electron chi connectivity index (χ3n) is 6.45. The van der Waals surface area contributed by atoms with Gasteiger partial charge in [0.05, 0.1) is 41.8 Å². The molecule has 3 aromatic rings. The zero-order valence-corrected chi connectivity index (χ0v) is 17.2. The highest BCUT2D eigenvalue weighted by atomic mass is 16.7. The van der Waals surface area contributed by atoms with Crippen LogP contribution in [0.2, 0.25) is 0 Å².